The molecule has 0 aliphatic rings. The number of benzene rings is 1. The Balaban J connectivity index is 1.98. The highest BCUT2D eigenvalue weighted by Gasteiger charge is 2.36. The van der Waals surface area contributed by atoms with Crippen LogP contribution in [0.2, 0.25) is 0 Å². The Morgan fingerprint density at radius 2 is 1.70 bits per heavy atom. The fourth-order valence-electron chi connectivity index (χ4n) is 2.32. The third-order valence-corrected chi connectivity index (χ3v) is 3.47. The fourth-order valence-corrected chi connectivity index (χ4v) is 2.32. The lowest BCUT2D eigenvalue weighted by molar-refractivity contribution is -0.145. The lowest BCUT2D eigenvalue weighted by Crippen LogP contribution is -2.10. The van der Waals surface area contributed by atoms with E-state index < -0.39 is 12.0 Å². The Bertz CT molecular complexity index is 873. The van der Waals surface area contributed by atoms with E-state index in [1.54, 1.807) is 6.07 Å². The van der Waals surface area contributed by atoms with Gasteiger partial charge in [-0.1, -0.05) is 24.3 Å². The maximum atomic E-state index is 12.9. The lowest BCUT2D eigenvalue weighted by atomic mass is 10.0. The van der Waals surface area contributed by atoms with E-state index in [2.05, 4.69) is 16.3 Å². The zero-order valence-corrected chi connectivity index (χ0v) is 11.9. The van der Waals surface area contributed by atoms with Gasteiger partial charge in [-0.05, 0) is 35.2 Å². The summed E-state index contributed by atoms with van der Waals surface area (Å²) in [5.74, 6) is -1.04. The third kappa shape index (κ3) is 3.01. The van der Waals surface area contributed by atoms with Crippen LogP contribution in [0.3, 0.4) is 0 Å². The summed E-state index contributed by atoms with van der Waals surface area (Å²) in [6.45, 7) is 0. The minimum absolute atomic E-state index is 0.145. The number of rotatable bonds is 3. The van der Waals surface area contributed by atoms with Crippen LogP contribution in [0, 0.1) is 11.3 Å². The summed E-state index contributed by atoms with van der Waals surface area (Å²) in [6, 6.07) is 12.7. The van der Waals surface area contributed by atoms with Crippen molar-refractivity contribution in [2.75, 3.05) is 0 Å². The molecule has 116 valence electrons. The highest BCUT2D eigenvalue weighted by Crippen LogP contribution is 2.29. The molecule has 0 radical (unpaired) electrons. The van der Waals surface area contributed by atoms with Crippen molar-refractivity contribution in [1.29, 1.82) is 5.26 Å². The monoisotopic (exact) mass is 316 g/mol. The summed E-state index contributed by atoms with van der Waals surface area (Å²) in [5.41, 5.74) is 2.58. The first-order valence-corrected chi connectivity index (χ1v) is 6.87. The molecular weight excluding hydrogens is 305 g/mol. The number of hydrogen-bond donors (Lipinski definition) is 0. The number of alkyl halides is 3. The molecule has 4 nitrogen and oxygen atoms in total. The van der Waals surface area contributed by atoms with E-state index in [0.717, 1.165) is 15.5 Å². The van der Waals surface area contributed by atoms with Crippen molar-refractivity contribution >= 4 is 5.65 Å². The van der Waals surface area contributed by atoms with Gasteiger partial charge in [-0.25, -0.2) is 0 Å². The van der Waals surface area contributed by atoms with E-state index in [1.165, 1.54) is 12.3 Å². The minimum atomic E-state index is -4.56. The Kier molecular flexibility index (Phi) is 3.74. The molecule has 0 aliphatic heterocycles. The van der Waals surface area contributed by atoms with Crippen molar-refractivity contribution in [2.24, 2.45) is 0 Å². The number of nitriles is 1. The predicted octanol–water partition coefficient (Wildman–Crippen LogP) is 3.87. The van der Waals surface area contributed by atoms with Crippen molar-refractivity contribution in [3.8, 4) is 17.2 Å². The van der Waals surface area contributed by atoms with Crippen LogP contribution in [0.4, 0.5) is 13.2 Å². The van der Waals surface area contributed by atoms with Gasteiger partial charge in [-0.15, -0.1) is 10.2 Å². The van der Waals surface area contributed by atoms with Gasteiger partial charge in [0.1, 0.15) is 0 Å². The van der Waals surface area contributed by atoms with Crippen molar-refractivity contribution in [2.45, 2.75) is 19.0 Å². The second-order valence-electron chi connectivity index (χ2n) is 5.02. The molecule has 2 aromatic heterocycles. The van der Waals surface area contributed by atoms with E-state index in [4.69, 9.17) is 5.26 Å². The molecule has 0 aliphatic carbocycles. The Morgan fingerprint density at radius 1 is 1.00 bits per heavy atom. The molecule has 0 amide bonds. The van der Waals surface area contributed by atoms with E-state index in [0.29, 0.717) is 18.4 Å². The zero-order chi connectivity index (χ0) is 16.4. The molecule has 1 aromatic carbocycles. The highest BCUT2D eigenvalue weighted by atomic mass is 19.4. The quantitative estimate of drug-likeness (QED) is 0.737. The Hall–Kier alpha value is -2.88. The number of nitrogens with zero attached hydrogens (tertiary/aromatic N) is 4. The molecule has 0 spiro atoms. The summed E-state index contributed by atoms with van der Waals surface area (Å²) in [7, 11) is 0. The van der Waals surface area contributed by atoms with E-state index in [1.807, 2.05) is 24.3 Å². The first-order valence-electron chi connectivity index (χ1n) is 6.87. The molecule has 0 atom stereocenters. The van der Waals surface area contributed by atoms with Crippen LogP contribution in [-0.2, 0) is 12.6 Å². The van der Waals surface area contributed by atoms with Crippen molar-refractivity contribution in [3.63, 3.8) is 0 Å². The van der Waals surface area contributed by atoms with Gasteiger partial charge in [-0.3, -0.25) is 4.40 Å². The molecule has 23 heavy (non-hydrogen) atoms. The van der Waals surface area contributed by atoms with E-state index in [-0.39, 0.29) is 5.65 Å². The summed E-state index contributed by atoms with van der Waals surface area (Å²) in [6.07, 6.45) is -2.10. The third-order valence-electron chi connectivity index (χ3n) is 3.47. The average molecular weight is 316 g/mol. The first-order chi connectivity index (χ1) is 11.0. The smallest absolute Gasteiger partial charge is 0.278 e. The maximum absolute atomic E-state index is 12.9. The molecule has 0 fully saturated rings. The van der Waals surface area contributed by atoms with Gasteiger partial charge in [-0.2, -0.15) is 18.4 Å². The van der Waals surface area contributed by atoms with E-state index in [9.17, 15) is 13.2 Å². The SMILES string of the molecule is N#CCCc1ccc(-c2ccc3nnc(C(F)(F)F)n3c2)cc1. The zero-order valence-electron chi connectivity index (χ0n) is 11.9. The molecule has 2 heterocycles. The van der Waals surface area contributed by atoms with Crippen LogP contribution in [0.15, 0.2) is 42.6 Å². The topological polar surface area (TPSA) is 54.0 Å². The normalized spacial score (nSPS) is 11.6. The predicted molar refractivity (Wildman–Crippen MR) is 77.4 cm³/mol. The molecule has 0 saturated carbocycles. The van der Waals surface area contributed by atoms with E-state index >= 15 is 0 Å². The molecule has 3 aromatic rings. The highest BCUT2D eigenvalue weighted by molar-refractivity contribution is 5.65. The van der Waals surface area contributed by atoms with Gasteiger partial charge in [0.05, 0.1) is 6.07 Å². The summed E-state index contributed by atoms with van der Waals surface area (Å²) in [5, 5.41) is 15.3. The molecule has 7 heteroatoms. The van der Waals surface area contributed by atoms with Gasteiger partial charge >= 0.3 is 6.18 Å². The van der Waals surface area contributed by atoms with Gasteiger partial charge in [0, 0.05) is 12.6 Å². The summed E-state index contributed by atoms with van der Waals surface area (Å²) >= 11 is 0. The van der Waals surface area contributed by atoms with Crippen LogP contribution < -0.4 is 0 Å². The second-order valence-corrected chi connectivity index (χ2v) is 5.02. The minimum Gasteiger partial charge on any atom is -0.278 e. The number of aryl methyl sites for hydroxylation is 1. The van der Waals surface area contributed by atoms with Gasteiger partial charge in [0.2, 0.25) is 5.82 Å². The van der Waals surface area contributed by atoms with Crippen LogP contribution in [-0.4, -0.2) is 14.6 Å². The van der Waals surface area contributed by atoms with Gasteiger partial charge in [0.15, 0.2) is 5.65 Å². The maximum Gasteiger partial charge on any atom is 0.452 e. The average Bonchev–Trinajstić information content (AvgIpc) is 2.96. The summed E-state index contributed by atoms with van der Waals surface area (Å²) in [4.78, 5) is 0. The molecule has 0 unspecified atom stereocenters. The van der Waals surface area contributed by atoms with Gasteiger partial charge in [0.25, 0.3) is 0 Å². The number of aromatic nitrogens is 3. The first kappa shape index (κ1) is 15.0. The number of fused-ring (bicyclic) bond motifs is 1. The molecule has 0 N–H and O–H groups in total. The van der Waals surface area contributed by atoms with Crippen molar-refractivity contribution in [3.05, 3.63) is 54.0 Å². The summed E-state index contributed by atoms with van der Waals surface area (Å²) < 4.78 is 39.7. The van der Waals surface area contributed by atoms with Gasteiger partial charge < -0.3 is 0 Å². The molecular formula is C16H11F3N4. The van der Waals surface area contributed by atoms with Crippen LogP contribution in [0.5, 0.6) is 0 Å². The molecule has 0 bridgehead atoms. The largest absolute Gasteiger partial charge is 0.452 e. The standard InChI is InChI=1S/C16H11F3N4/c17-16(18,19)15-22-21-14-8-7-13(10-23(14)15)12-5-3-11(4-6-12)2-1-9-20/h3-8,10H,1-2H2. The van der Waals surface area contributed by atoms with Crippen LogP contribution in [0.25, 0.3) is 16.8 Å². The lowest BCUT2D eigenvalue weighted by Gasteiger charge is -2.07. The van der Waals surface area contributed by atoms with Crippen molar-refractivity contribution < 1.29 is 13.2 Å². The van der Waals surface area contributed by atoms with Crippen LogP contribution >= 0.6 is 0 Å². The number of pyridine rings is 1. The molecule has 3 rings (SSSR count). The number of hydrogen-bond acceptors (Lipinski definition) is 3. The van der Waals surface area contributed by atoms with Crippen LogP contribution in [0.1, 0.15) is 17.8 Å². The Labute approximate surface area is 129 Å². The number of halogens is 3. The molecule has 0 saturated heterocycles. The van der Waals surface area contributed by atoms with Crippen molar-refractivity contribution in [1.82, 2.24) is 14.6 Å². The fraction of sp³-hybridized carbons (Fsp3) is 0.188. The Morgan fingerprint density at radius 3 is 2.35 bits per heavy atom. The second kappa shape index (κ2) is 5.72.